The quantitative estimate of drug-likeness (QED) is 0.610. The summed E-state index contributed by atoms with van der Waals surface area (Å²) in [7, 11) is 0. The first kappa shape index (κ1) is 8.43. The highest BCUT2D eigenvalue weighted by molar-refractivity contribution is 6.11. The predicted octanol–water partition coefficient (Wildman–Crippen LogP) is 0.907. The van der Waals surface area contributed by atoms with Gasteiger partial charge in [0.15, 0.2) is 0 Å². The van der Waals surface area contributed by atoms with Gasteiger partial charge in [0.25, 0.3) is 0 Å². The highest BCUT2D eigenvalue weighted by atomic mass is 14.9. The highest BCUT2D eigenvalue weighted by Gasteiger charge is 2.06. The van der Waals surface area contributed by atoms with Gasteiger partial charge in [0, 0.05) is 29.6 Å². The Bertz CT molecular complexity index is 497. The minimum atomic E-state index is 0.581. The third kappa shape index (κ3) is 1.15. The van der Waals surface area contributed by atoms with Crippen molar-refractivity contribution >= 4 is 22.8 Å². The molecule has 2 aromatic rings. The molecule has 0 radical (unpaired) electrons. The van der Waals surface area contributed by atoms with E-state index >= 15 is 0 Å². The molecule has 2 rings (SSSR count). The zero-order valence-corrected chi connectivity index (χ0v) is 7.36. The molecule has 2 aromatic heterocycles. The van der Waals surface area contributed by atoms with E-state index in [2.05, 4.69) is 15.0 Å². The second kappa shape index (κ2) is 3.29. The fourth-order valence-corrected chi connectivity index (χ4v) is 1.30. The Kier molecular flexibility index (Phi) is 1.98. The Morgan fingerprint density at radius 1 is 1.50 bits per heavy atom. The summed E-state index contributed by atoms with van der Waals surface area (Å²) in [4.78, 5) is 11.1. The van der Waals surface area contributed by atoms with Gasteiger partial charge in [-0.25, -0.2) is 9.97 Å². The van der Waals surface area contributed by atoms with Crippen LogP contribution >= 0.6 is 0 Å². The molecule has 5 heteroatoms. The second-order valence-corrected chi connectivity index (χ2v) is 2.73. The largest absolute Gasteiger partial charge is 0.404 e. The van der Waals surface area contributed by atoms with Crippen LogP contribution in [-0.2, 0) is 0 Å². The van der Waals surface area contributed by atoms with E-state index in [9.17, 15) is 0 Å². The van der Waals surface area contributed by atoms with Crippen LogP contribution in [0.25, 0.3) is 16.6 Å². The summed E-state index contributed by atoms with van der Waals surface area (Å²) in [6.45, 7) is 0. The van der Waals surface area contributed by atoms with Gasteiger partial charge >= 0.3 is 0 Å². The maximum Gasteiger partial charge on any atom is 0.141 e. The van der Waals surface area contributed by atoms with E-state index in [-0.39, 0.29) is 0 Å². The van der Waals surface area contributed by atoms with Crippen molar-refractivity contribution in [1.82, 2.24) is 15.0 Å². The Hall–Kier alpha value is -2.17. The molecule has 0 atom stereocenters. The number of rotatable bonds is 2. The van der Waals surface area contributed by atoms with Crippen LogP contribution in [0.5, 0.6) is 0 Å². The predicted molar refractivity (Wildman–Crippen MR) is 54.8 cm³/mol. The highest BCUT2D eigenvalue weighted by Crippen LogP contribution is 2.18. The van der Waals surface area contributed by atoms with Crippen molar-refractivity contribution in [3.05, 3.63) is 30.5 Å². The van der Waals surface area contributed by atoms with Gasteiger partial charge in [-0.2, -0.15) is 0 Å². The molecular formula is C9H9N5. The number of allylic oxidation sites excluding steroid dienone is 1. The molecule has 0 aromatic carbocycles. The van der Waals surface area contributed by atoms with Crippen molar-refractivity contribution in [3.8, 4) is 0 Å². The molecule has 0 amide bonds. The summed E-state index contributed by atoms with van der Waals surface area (Å²) < 4.78 is 0. The Morgan fingerprint density at radius 3 is 3.07 bits per heavy atom. The molecule has 0 fully saturated rings. The first-order valence-electron chi connectivity index (χ1n) is 4.07. The molecule has 0 saturated carbocycles. The van der Waals surface area contributed by atoms with Gasteiger partial charge in [0.05, 0.1) is 5.69 Å². The van der Waals surface area contributed by atoms with Gasteiger partial charge in [-0.1, -0.05) is 0 Å². The number of nitrogens with zero attached hydrogens (tertiary/aromatic N) is 2. The van der Waals surface area contributed by atoms with Crippen molar-refractivity contribution in [1.29, 1.82) is 5.41 Å². The molecule has 4 N–H and O–H groups in total. The van der Waals surface area contributed by atoms with Gasteiger partial charge < -0.3 is 16.1 Å². The molecule has 5 nitrogen and oxygen atoms in total. The summed E-state index contributed by atoms with van der Waals surface area (Å²) >= 11 is 0. The van der Waals surface area contributed by atoms with Crippen LogP contribution in [0, 0.1) is 5.41 Å². The number of aromatic amines is 1. The van der Waals surface area contributed by atoms with E-state index in [0.29, 0.717) is 11.3 Å². The number of fused-ring (bicyclic) bond motifs is 1. The molecule has 14 heavy (non-hydrogen) atoms. The molecule has 0 saturated heterocycles. The van der Waals surface area contributed by atoms with Crippen LogP contribution in [-0.4, -0.2) is 21.2 Å². The standard InChI is InChI=1S/C9H9N5/c10-3-6(4-11)8-7-1-2-12-9(7)14-5-13-8/h1-5,10H,11H2,(H,12,13,14). The zero-order valence-electron chi connectivity index (χ0n) is 7.36. The summed E-state index contributed by atoms with van der Waals surface area (Å²) in [6.07, 6.45) is 5.76. The van der Waals surface area contributed by atoms with Crippen LogP contribution in [0.4, 0.5) is 0 Å². The topological polar surface area (TPSA) is 91.4 Å². The fraction of sp³-hybridized carbons (Fsp3) is 0. The van der Waals surface area contributed by atoms with E-state index < -0.39 is 0 Å². The lowest BCUT2D eigenvalue weighted by molar-refractivity contribution is 1.18. The molecular weight excluding hydrogens is 178 g/mol. The molecule has 2 heterocycles. The van der Waals surface area contributed by atoms with Crippen molar-refractivity contribution in [3.63, 3.8) is 0 Å². The van der Waals surface area contributed by atoms with E-state index in [1.165, 1.54) is 18.7 Å². The maximum absolute atomic E-state index is 7.18. The van der Waals surface area contributed by atoms with E-state index in [1.54, 1.807) is 6.20 Å². The maximum atomic E-state index is 7.18. The normalized spacial score (nSPS) is 11.9. The SMILES string of the molecule is N=CC(=CN)c1ncnc2[nH]ccc12. The molecule has 0 aliphatic rings. The average Bonchev–Trinajstić information content (AvgIpc) is 2.68. The lowest BCUT2D eigenvalue weighted by Crippen LogP contribution is -1.95. The van der Waals surface area contributed by atoms with Gasteiger partial charge in [-0.3, -0.25) is 0 Å². The molecule has 0 unspecified atom stereocenters. The van der Waals surface area contributed by atoms with Crippen molar-refractivity contribution < 1.29 is 0 Å². The van der Waals surface area contributed by atoms with Crippen LogP contribution < -0.4 is 5.73 Å². The Labute approximate surface area is 80.2 Å². The third-order valence-electron chi connectivity index (χ3n) is 1.96. The second-order valence-electron chi connectivity index (χ2n) is 2.73. The monoisotopic (exact) mass is 187 g/mol. The molecule has 0 aliphatic carbocycles. The molecule has 0 aliphatic heterocycles. The lowest BCUT2D eigenvalue weighted by Gasteiger charge is -1.99. The van der Waals surface area contributed by atoms with Gasteiger partial charge in [0.1, 0.15) is 12.0 Å². The van der Waals surface area contributed by atoms with Crippen molar-refractivity contribution in [2.24, 2.45) is 5.73 Å². The van der Waals surface area contributed by atoms with E-state index in [4.69, 9.17) is 11.1 Å². The van der Waals surface area contributed by atoms with E-state index in [1.807, 2.05) is 6.07 Å². The summed E-state index contributed by atoms with van der Waals surface area (Å²) in [5.41, 5.74) is 7.39. The lowest BCUT2D eigenvalue weighted by atomic mass is 10.1. The number of nitrogens with two attached hydrogens (primary N) is 1. The first-order valence-corrected chi connectivity index (χ1v) is 4.07. The minimum Gasteiger partial charge on any atom is -0.404 e. The van der Waals surface area contributed by atoms with Crippen LogP contribution in [0.2, 0.25) is 0 Å². The Morgan fingerprint density at radius 2 is 2.36 bits per heavy atom. The number of aromatic nitrogens is 3. The number of nitrogens with one attached hydrogen (secondary N) is 2. The molecule has 0 bridgehead atoms. The van der Waals surface area contributed by atoms with E-state index in [0.717, 1.165) is 11.0 Å². The first-order chi connectivity index (χ1) is 6.86. The number of H-pyrrole nitrogens is 1. The van der Waals surface area contributed by atoms with Crippen molar-refractivity contribution in [2.75, 3.05) is 0 Å². The average molecular weight is 187 g/mol. The van der Waals surface area contributed by atoms with Crippen LogP contribution in [0.1, 0.15) is 5.69 Å². The number of hydrogen-bond acceptors (Lipinski definition) is 4. The smallest absolute Gasteiger partial charge is 0.141 e. The van der Waals surface area contributed by atoms with Crippen LogP contribution in [0.3, 0.4) is 0 Å². The molecule has 70 valence electrons. The van der Waals surface area contributed by atoms with Gasteiger partial charge in [-0.05, 0) is 6.07 Å². The minimum absolute atomic E-state index is 0.581. The number of hydrogen-bond donors (Lipinski definition) is 3. The van der Waals surface area contributed by atoms with Crippen LogP contribution in [0.15, 0.2) is 24.8 Å². The van der Waals surface area contributed by atoms with Crippen molar-refractivity contribution in [2.45, 2.75) is 0 Å². The summed E-state index contributed by atoms with van der Waals surface area (Å²) in [5, 5.41) is 8.05. The van der Waals surface area contributed by atoms with Gasteiger partial charge in [0.2, 0.25) is 0 Å². The fourth-order valence-electron chi connectivity index (χ4n) is 1.30. The molecule has 0 spiro atoms. The zero-order chi connectivity index (χ0) is 9.97. The third-order valence-corrected chi connectivity index (χ3v) is 1.96. The van der Waals surface area contributed by atoms with Gasteiger partial charge in [-0.15, -0.1) is 0 Å². The summed E-state index contributed by atoms with van der Waals surface area (Å²) in [6, 6.07) is 1.86. The summed E-state index contributed by atoms with van der Waals surface area (Å²) in [5.74, 6) is 0. The Balaban J connectivity index is 2.73.